The highest BCUT2D eigenvalue weighted by Gasteiger charge is 2.34. The van der Waals surface area contributed by atoms with E-state index in [9.17, 15) is 13.2 Å². The number of nitrogens with zero attached hydrogens (tertiary/aromatic N) is 3. The number of hydrogen-bond donors (Lipinski definition) is 2. The van der Waals surface area contributed by atoms with Crippen LogP contribution < -0.4 is 10.4 Å². The first-order chi connectivity index (χ1) is 16.0. The lowest BCUT2D eigenvalue weighted by Crippen LogP contribution is -2.47. The molecule has 1 fully saturated rings. The molecule has 2 N–H and O–H groups in total. The number of nitrogens with one attached hydrogen (secondary N) is 1. The number of benzene rings is 2. The topological polar surface area (TPSA) is 102 Å². The van der Waals surface area contributed by atoms with Crippen LogP contribution in [0.15, 0.2) is 47.6 Å². The summed E-state index contributed by atoms with van der Waals surface area (Å²) in [5.74, 6) is -0.168. The molecule has 0 spiro atoms. The van der Waals surface area contributed by atoms with Gasteiger partial charge in [0.1, 0.15) is 5.71 Å². The van der Waals surface area contributed by atoms with Crippen LogP contribution in [0.3, 0.4) is 0 Å². The average Bonchev–Trinajstić information content (AvgIpc) is 3.19. The van der Waals surface area contributed by atoms with Crippen molar-refractivity contribution >= 4 is 62.2 Å². The Morgan fingerprint density at radius 1 is 1.03 bits per heavy atom. The molecular formula is C22H25Cl3N4O4S. The van der Waals surface area contributed by atoms with Gasteiger partial charge in [0.05, 0.1) is 23.0 Å². The number of hydrazone groups is 1. The first-order valence-corrected chi connectivity index (χ1v) is 13.5. The van der Waals surface area contributed by atoms with Crippen molar-refractivity contribution in [2.45, 2.75) is 31.7 Å². The molecule has 2 aromatic rings. The molecule has 0 unspecified atom stereocenters. The van der Waals surface area contributed by atoms with Crippen LogP contribution >= 0.6 is 34.8 Å². The van der Waals surface area contributed by atoms with Gasteiger partial charge in [0.15, 0.2) is 0 Å². The molecule has 1 amide bonds. The number of carbonyl (C=O) groups excluding carboxylic acids is 1. The van der Waals surface area contributed by atoms with Gasteiger partial charge in [0.25, 0.3) is 16.0 Å². The quantitative estimate of drug-likeness (QED) is 0.524. The number of hydrogen-bond acceptors (Lipinski definition) is 6. The van der Waals surface area contributed by atoms with Crippen LogP contribution in [0, 0.1) is 0 Å². The molecule has 4 rings (SSSR count). The van der Waals surface area contributed by atoms with Crippen LogP contribution in [0.5, 0.6) is 0 Å². The van der Waals surface area contributed by atoms with Gasteiger partial charge in [-0.3, -0.25) is 19.8 Å². The molecule has 0 radical (unpaired) electrons. The van der Waals surface area contributed by atoms with Crippen molar-refractivity contribution in [1.82, 2.24) is 10.4 Å². The van der Waals surface area contributed by atoms with Gasteiger partial charge >= 0.3 is 0 Å². The molecule has 2 aliphatic heterocycles. The fraction of sp³-hybridized carbons (Fsp3) is 0.364. The third-order valence-corrected chi connectivity index (χ3v) is 5.99. The van der Waals surface area contributed by atoms with Crippen LogP contribution in [-0.2, 0) is 14.9 Å². The van der Waals surface area contributed by atoms with Crippen molar-refractivity contribution < 1.29 is 17.8 Å². The summed E-state index contributed by atoms with van der Waals surface area (Å²) < 4.78 is 25.9. The van der Waals surface area contributed by atoms with Crippen LogP contribution in [0.2, 0.25) is 15.1 Å². The minimum Gasteiger partial charge on any atom is -0.286 e. The van der Waals surface area contributed by atoms with Gasteiger partial charge in [-0.15, -0.1) is 0 Å². The van der Waals surface area contributed by atoms with Gasteiger partial charge < -0.3 is 0 Å². The largest absolute Gasteiger partial charge is 0.286 e. The van der Waals surface area contributed by atoms with E-state index in [0.29, 0.717) is 39.1 Å². The Hall–Kier alpha value is -1.88. The fourth-order valence-corrected chi connectivity index (χ4v) is 4.32. The molecule has 184 valence electrons. The minimum absolute atomic E-state index is 0.159. The summed E-state index contributed by atoms with van der Waals surface area (Å²) in [4.78, 5) is 12.9. The minimum atomic E-state index is -3.67. The highest BCUT2D eigenvalue weighted by molar-refractivity contribution is 7.85. The lowest BCUT2D eigenvalue weighted by Gasteiger charge is -2.26. The Bertz CT molecular complexity index is 1150. The molecule has 2 heterocycles. The second-order valence-corrected chi connectivity index (χ2v) is 10.7. The summed E-state index contributed by atoms with van der Waals surface area (Å²) in [6, 6.07) is 12.7. The highest BCUT2D eigenvalue weighted by atomic mass is 35.5. The monoisotopic (exact) mass is 546 g/mol. The van der Waals surface area contributed by atoms with Crippen LogP contribution in [-0.4, -0.2) is 48.9 Å². The zero-order valence-corrected chi connectivity index (χ0v) is 21.5. The second kappa shape index (κ2) is 11.7. The SMILES string of the molecule is CS(=O)(=O)O.O=C(NN1CCCCC1)C1=NN(c2ccc(Cl)cc2Cl)[C@H](c2ccc(Cl)cc2)C1. The van der Waals surface area contributed by atoms with E-state index in [4.69, 9.17) is 39.4 Å². The Kier molecular flexibility index (Phi) is 9.20. The van der Waals surface area contributed by atoms with Crippen molar-refractivity contribution in [2.24, 2.45) is 5.10 Å². The van der Waals surface area contributed by atoms with E-state index in [2.05, 4.69) is 10.5 Å². The first-order valence-electron chi connectivity index (χ1n) is 10.6. The average molecular weight is 548 g/mol. The van der Waals surface area contributed by atoms with E-state index in [1.165, 1.54) is 6.42 Å². The van der Waals surface area contributed by atoms with Crippen molar-refractivity contribution in [1.29, 1.82) is 0 Å². The van der Waals surface area contributed by atoms with E-state index in [-0.39, 0.29) is 11.9 Å². The van der Waals surface area contributed by atoms with Gasteiger partial charge in [-0.1, -0.05) is 53.4 Å². The molecule has 0 bridgehead atoms. The molecule has 34 heavy (non-hydrogen) atoms. The number of halogens is 3. The lowest BCUT2D eigenvalue weighted by atomic mass is 10.0. The second-order valence-electron chi connectivity index (χ2n) is 7.98. The van der Waals surface area contributed by atoms with Crippen molar-refractivity contribution in [3.05, 3.63) is 63.1 Å². The van der Waals surface area contributed by atoms with Gasteiger partial charge in [0, 0.05) is 29.6 Å². The molecule has 1 atom stereocenters. The molecule has 8 nitrogen and oxygen atoms in total. The third kappa shape index (κ3) is 7.83. The predicted octanol–water partition coefficient (Wildman–Crippen LogP) is 4.98. The maximum absolute atomic E-state index is 12.9. The molecule has 2 aliphatic rings. The van der Waals surface area contributed by atoms with Crippen molar-refractivity contribution in [3.8, 4) is 0 Å². The Labute approximate surface area is 214 Å². The number of anilines is 1. The van der Waals surface area contributed by atoms with E-state index in [1.807, 2.05) is 35.3 Å². The van der Waals surface area contributed by atoms with Gasteiger partial charge in [-0.05, 0) is 48.7 Å². The normalized spacial score (nSPS) is 18.7. The maximum atomic E-state index is 12.9. The summed E-state index contributed by atoms with van der Waals surface area (Å²) in [5, 5.41) is 10.1. The first kappa shape index (κ1) is 26.7. The molecule has 1 saturated heterocycles. The van der Waals surface area contributed by atoms with Gasteiger partial charge in [0.2, 0.25) is 0 Å². The highest BCUT2D eigenvalue weighted by Crippen LogP contribution is 2.39. The summed E-state index contributed by atoms with van der Waals surface area (Å²) >= 11 is 18.6. The molecular weight excluding hydrogens is 523 g/mol. The van der Waals surface area contributed by atoms with Crippen molar-refractivity contribution in [2.75, 3.05) is 24.4 Å². The fourth-order valence-electron chi connectivity index (χ4n) is 3.69. The van der Waals surface area contributed by atoms with E-state index < -0.39 is 10.1 Å². The zero-order chi connectivity index (χ0) is 24.9. The van der Waals surface area contributed by atoms with E-state index in [0.717, 1.165) is 31.5 Å². The summed E-state index contributed by atoms with van der Waals surface area (Å²) in [6.45, 7) is 1.73. The lowest BCUT2D eigenvalue weighted by molar-refractivity contribution is -0.119. The van der Waals surface area contributed by atoms with Crippen LogP contribution in [0.1, 0.15) is 37.3 Å². The molecule has 0 aliphatic carbocycles. The number of carbonyl (C=O) groups is 1. The number of piperidine rings is 1. The third-order valence-electron chi connectivity index (χ3n) is 5.20. The number of hydrazine groups is 1. The maximum Gasteiger partial charge on any atom is 0.281 e. The molecule has 12 heteroatoms. The van der Waals surface area contributed by atoms with Crippen LogP contribution in [0.25, 0.3) is 0 Å². The standard InChI is InChI=1S/C21H21Cl3N4O.CH4O3S/c22-15-6-4-14(5-7-15)20-13-18(21(29)26-27-10-2-1-3-11-27)25-28(20)19-9-8-16(23)12-17(19)24;1-5(2,3)4/h4-9,12,20H,1-3,10-11,13H2,(H,26,29);1H3,(H,2,3,4)/t20-;/m0./s1. The predicted molar refractivity (Wildman–Crippen MR) is 136 cm³/mol. The molecule has 0 saturated carbocycles. The number of rotatable bonds is 4. The van der Waals surface area contributed by atoms with E-state index in [1.54, 1.807) is 17.1 Å². The van der Waals surface area contributed by atoms with Gasteiger partial charge in [-0.25, -0.2) is 5.01 Å². The smallest absolute Gasteiger partial charge is 0.281 e. The molecule has 0 aromatic heterocycles. The summed E-state index contributed by atoms with van der Waals surface area (Å²) in [7, 11) is -3.67. The Morgan fingerprint density at radius 2 is 1.62 bits per heavy atom. The molecule has 2 aromatic carbocycles. The van der Waals surface area contributed by atoms with Crippen LogP contribution in [0.4, 0.5) is 5.69 Å². The van der Waals surface area contributed by atoms with Gasteiger partial charge in [-0.2, -0.15) is 13.5 Å². The summed E-state index contributed by atoms with van der Waals surface area (Å²) in [5.41, 5.74) is 5.18. The Morgan fingerprint density at radius 3 is 2.21 bits per heavy atom. The van der Waals surface area contributed by atoms with Crippen molar-refractivity contribution in [3.63, 3.8) is 0 Å². The summed E-state index contributed by atoms with van der Waals surface area (Å²) in [6.07, 6.45) is 4.57. The zero-order valence-electron chi connectivity index (χ0n) is 18.4. The number of amides is 1. The van der Waals surface area contributed by atoms with E-state index >= 15 is 0 Å². The Balaban J connectivity index is 0.000000588.